The summed E-state index contributed by atoms with van der Waals surface area (Å²) in [5.74, 6) is 0.794. The van der Waals surface area contributed by atoms with Gasteiger partial charge in [-0.3, -0.25) is 4.79 Å². The Morgan fingerprint density at radius 3 is 2.77 bits per heavy atom. The van der Waals surface area contributed by atoms with Crippen LogP contribution in [-0.2, 0) is 4.79 Å². The number of nitrogens with zero attached hydrogens (tertiary/aromatic N) is 1. The van der Waals surface area contributed by atoms with Crippen molar-refractivity contribution in [2.45, 2.75) is 12.5 Å². The first-order valence-corrected chi connectivity index (χ1v) is 5.63. The molecule has 78 valence electrons. The number of carbonyl (C=O) groups is 1. The van der Waals surface area contributed by atoms with Gasteiger partial charge in [0.2, 0.25) is 5.91 Å². The van der Waals surface area contributed by atoms with E-state index in [-0.39, 0.29) is 12.5 Å². The monoisotopic (exact) mass is 206 g/mol. The molecular weight excluding hydrogens is 188 g/mol. The molecule has 13 heavy (non-hydrogen) atoms. The van der Waals surface area contributed by atoms with Crippen molar-refractivity contribution in [2.24, 2.45) is 5.73 Å². The molecule has 0 saturated heterocycles. The predicted octanol–water partition coefficient (Wildman–Crippen LogP) is -0.482. The number of rotatable bonds is 6. The first kappa shape index (κ1) is 12.7. The number of nitrogens with two attached hydrogens (primary N) is 1. The zero-order valence-corrected chi connectivity index (χ0v) is 9.01. The number of aliphatic hydroxyl groups is 1. The standard InChI is InChI=1S/C8H18N2O2S/c1-10(4-5-11)8(12)7(9)3-6-13-2/h7,11H,3-6,9H2,1-2H3/t7-/m0/s1. The normalized spacial score (nSPS) is 12.6. The van der Waals surface area contributed by atoms with Crippen molar-refractivity contribution in [3.8, 4) is 0 Å². The molecule has 0 radical (unpaired) electrons. The number of likely N-dealkylation sites (N-methyl/N-ethyl adjacent to an activating group) is 1. The smallest absolute Gasteiger partial charge is 0.239 e. The summed E-state index contributed by atoms with van der Waals surface area (Å²) in [5, 5.41) is 8.60. The third kappa shape index (κ3) is 5.13. The zero-order chi connectivity index (χ0) is 10.3. The predicted molar refractivity (Wildman–Crippen MR) is 55.7 cm³/mol. The lowest BCUT2D eigenvalue weighted by molar-refractivity contribution is -0.131. The highest BCUT2D eigenvalue weighted by Gasteiger charge is 2.16. The van der Waals surface area contributed by atoms with Crippen LogP contribution in [0, 0.1) is 0 Å². The maximum Gasteiger partial charge on any atom is 0.239 e. The molecule has 0 aromatic rings. The Kier molecular flexibility index (Phi) is 7.03. The largest absolute Gasteiger partial charge is 0.395 e. The van der Waals surface area contributed by atoms with E-state index in [4.69, 9.17) is 10.8 Å². The second kappa shape index (κ2) is 7.17. The summed E-state index contributed by atoms with van der Waals surface area (Å²) < 4.78 is 0. The summed E-state index contributed by atoms with van der Waals surface area (Å²) >= 11 is 1.67. The van der Waals surface area contributed by atoms with Gasteiger partial charge in [0.05, 0.1) is 12.6 Å². The Labute approximate surface area is 83.5 Å². The van der Waals surface area contributed by atoms with E-state index >= 15 is 0 Å². The van der Waals surface area contributed by atoms with Crippen molar-refractivity contribution in [3.63, 3.8) is 0 Å². The van der Waals surface area contributed by atoms with E-state index in [1.54, 1.807) is 18.8 Å². The average Bonchev–Trinajstić information content (AvgIpc) is 2.13. The SMILES string of the molecule is CSCC[C@H](N)C(=O)N(C)CCO. The van der Waals surface area contributed by atoms with Crippen LogP contribution in [0.25, 0.3) is 0 Å². The van der Waals surface area contributed by atoms with Gasteiger partial charge in [0.1, 0.15) is 0 Å². The van der Waals surface area contributed by atoms with E-state index in [9.17, 15) is 4.79 Å². The van der Waals surface area contributed by atoms with Crippen LogP contribution in [0.2, 0.25) is 0 Å². The van der Waals surface area contributed by atoms with Crippen LogP contribution in [-0.4, -0.2) is 54.2 Å². The maximum atomic E-state index is 11.4. The van der Waals surface area contributed by atoms with Gasteiger partial charge in [0.25, 0.3) is 0 Å². The average molecular weight is 206 g/mol. The second-order valence-corrected chi connectivity index (χ2v) is 3.86. The highest BCUT2D eigenvalue weighted by molar-refractivity contribution is 7.98. The van der Waals surface area contributed by atoms with Crippen molar-refractivity contribution >= 4 is 17.7 Å². The molecule has 1 amide bonds. The van der Waals surface area contributed by atoms with E-state index in [1.165, 1.54) is 4.90 Å². The number of thioether (sulfide) groups is 1. The topological polar surface area (TPSA) is 66.6 Å². The molecule has 0 aromatic heterocycles. The third-order valence-electron chi connectivity index (χ3n) is 1.76. The Morgan fingerprint density at radius 2 is 2.31 bits per heavy atom. The Hall–Kier alpha value is -0.260. The summed E-state index contributed by atoms with van der Waals surface area (Å²) in [4.78, 5) is 12.9. The zero-order valence-electron chi connectivity index (χ0n) is 8.19. The Bertz CT molecular complexity index is 155. The maximum absolute atomic E-state index is 11.4. The molecule has 0 unspecified atom stereocenters. The number of carbonyl (C=O) groups excluding carboxylic acids is 1. The summed E-state index contributed by atoms with van der Waals surface area (Å²) in [6, 6.07) is -0.427. The van der Waals surface area contributed by atoms with Crippen molar-refractivity contribution in [2.75, 3.05) is 32.2 Å². The summed E-state index contributed by atoms with van der Waals surface area (Å²) in [5.41, 5.74) is 5.65. The van der Waals surface area contributed by atoms with Crippen LogP contribution < -0.4 is 5.73 Å². The molecule has 0 spiro atoms. The summed E-state index contributed by atoms with van der Waals surface area (Å²) in [7, 11) is 1.65. The van der Waals surface area contributed by atoms with Gasteiger partial charge in [-0.05, 0) is 18.4 Å². The van der Waals surface area contributed by atoms with E-state index in [0.717, 1.165) is 5.75 Å². The lowest BCUT2D eigenvalue weighted by Crippen LogP contribution is -2.43. The van der Waals surface area contributed by atoms with Crippen LogP contribution in [0.4, 0.5) is 0 Å². The van der Waals surface area contributed by atoms with Gasteiger partial charge >= 0.3 is 0 Å². The highest BCUT2D eigenvalue weighted by Crippen LogP contribution is 2.01. The van der Waals surface area contributed by atoms with Gasteiger partial charge in [-0.15, -0.1) is 0 Å². The van der Waals surface area contributed by atoms with E-state index in [0.29, 0.717) is 13.0 Å². The fourth-order valence-electron chi connectivity index (χ4n) is 0.912. The van der Waals surface area contributed by atoms with Crippen molar-refractivity contribution in [1.29, 1.82) is 0 Å². The molecule has 0 aromatic carbocycles. The van der Waals surface area contributed by atoms with Gasteiger partial charge in [0, 0.05) is 13.6 Å². The first-order chi connectivity index (χ1) is 6.13. The van der Waals surface area contributed by atoms with Crippen LogP contribution in [0.5, 0.6) is 0 Å². The molecular formula is C8H18N2O2S. The first-order valence-electron chi connectivity index (χ1n) is 4.23. The van der Waals surface area contributed by atoms with E-state index in [2.05, 4.69) is 0 Å². The lowest BCUT2D eigenvalue weighted by Gasteiger charge is -2.19. The molecule has 0 aliphatic carbocycles. The van der Waals surface area contributed by atoms with Gasteiger partial charge in [-0.2, -0.15) is 11.8 Å². The number of hydrogen-bond acceptors (Lipinski definition) is 4. The fraction of sp³-hybridized carbons (Fsp3) is 0.875. The Morgan fingerprint density at radius 1 is 1.69 bits per heavy atom. The fourth-order valence-corrected chi connectivity index (χ4v) is 1.40. The lowest BCUT2D eigenvalue weighted by atomic mass is 10.2. The summed E-state index contributed by atoms with van der Waals surface area (Å²) in [6.45, 7) is 0.337. The molecule has 0 aliphatic rings. The molecule has 0 aliphatic heterocycles. The van der Waals surface area contributed by atoms with Crippen LogP contribution >= 0.6 is 11.8 Å². The molecule has 0 rings (SSSR count). The third-order valence-corrected chi connectivity index (χ3v) is 2.41. The van der Waals surface area contributed by atoms with E-state index in [1.807, 2.05) is 6.26 Å². The highest BCUT2D eigenvalue weighted by atomic mass is 32.2. The molecule has 0 saturated carbocycles. The van der Waals surface area contributed by atoms with Gasteiger partial charge in [-0.1, -0.05) is 0 Å². The van der Waals surface area contributed by atoms with E-state index < -0.39 is 6.04 Å². The minimum atomic E-state index is -0.427. The molecule has 0 heterocycles. The minimum Gasteiger partial charge on any atom is -0.395 e. The molecule has 0 fully saturated rings. The summed E-state index contributed by atoms with van der Waals surface area (Å²) in [6.07, 6.45) is 2.67. The van der Waals surface area contributed by atoms with Crippen molar-refractivity contribution in [1.82, 2.24) is 4.90 Å². The van der Waals surface area contributed by atoms with Crippen LogP contribution in [0.3, 0.4) is 0 Å². The van der Waals surface area contributed by atoms with Crippen LogP contribution in [0.15, 0.2) is 0 Å². The molecule has 1 atom stereocenters. The quantitative estimate of drug-likeness (QED) is 0.616. The molecule has 4 nitrogen and oxygen atoms in total. The van der Waals surface area contributed by atoms with Crippen LogP contribution in [0.1, 0.15) is 6.42 Å². The molecule has 5 heteroatoms. The van der Waals surface area contributed by atoms with Gasteiger partial charge < -0.3 is 15.7 Å². The number of hydrogen-bond donors (Lipinski definition) is 2. The number of amides is 1. The minimum absolute atomic E-state index is 0.0164. The van der Waals surface area contributed by atoms with Gasteiger partial charge in [0.15, 0.2) is 0 Å². The second-order valence-electron chi connectivity index (χ2n) is 2.87. The van der Waals surface area contributed by atoms with Crippen molar-refractivity contribution in [3.05, 3.63) is 0 Å². The molecule has 3 N–H and O–H groups in total. The van der Waals surface area contributed by atoms with Crippen molar-refractivity contribution < 1.29 is 9.90 Å². The van der Waals surface area contributed by atoms with Gasteiger partial charge in [-0.25, -0.2) is 0 Å². The molecule has 0 bridgehead atoms. The Balaban J connectivity index is 3.79. The number of aliphatic hydroxyl groups excluding tert-OH is 1.